The first-order valence-corrected chi connectivity index (χ1v) is 6.73. The molecule has 2 aromatic carbocycles. The molecule has 2 aromatic rings. The minimum atomic E-state index is -0.947. The molecule has 1 amide bonds. The molecule has 0 aliphatic heterocycles. The first-order valence-electron chi connectivity index (χ1n) is 6.73. The maximum Gasteiger partial charge on any atom is 0.308 e. The average molecular weight is 283 g/mol. The number of carboxylic acid groups (broad SMARTS) is 1. The molecule has 2 rings (SSSR count). The second-order valence-electron chi connectivity index (χ2n) is 4.85. The molecule has 0 heterocycles. The van der Waals surface area contributed by atoms with E-state index in [2.05, 4.69) is 5.32 Å². The number of aliphatic carboxylic acids is 1. The number of hydrogen-bond acceptors (Lipinski definition) is 2. The van der Waals surface area contributed by atoms with Gasteiger partial charge in [0.2, 0.25) is 0 Å². The molecule has 2 atom stereocenters. The predicted molar refractivity (Wildman–Crippen MR) is 79.9 cm³/mol. The Morgan fingerprint density at radius 3 is 2.00 bits per heavy atom. The Labute approximate surface area is 123 Å². The third kappa shape index (κ3) is 3.69. The third-order valence-electron chi connectivity index (χ3n) is 3.37. The zero-order chi connectivity index (χ0) is 15.2. The summed E-state index contributed by atoms with van der Waals surface area (Å²) in [7, 11) is 0. The van der Waals surface area contributed by atoms with Crippen molar-refractivity contribution < 1.29 is 14.7 Å². The number of carboxylic acids is 1. The molecule has 0 spiro atoms. The van der Waals surface area contributed by atoms with E-state index in [4.69, 9.17) is 0 Å². The van der Waals surface area contributed by atoms with Crippen LogP contribution in [0.5, 0.6) is 0 Å². The summed E-state index contributed by atoms with van der Waals surface area (Å²) in [6, 6.07) is 17.3. The number of carbonyl (C=O) groups is 2. The average Bonchev–Trinajstić information content (AvgIpc) is 2.53. The van der Waals surface area contributed by atoms with Crippen LogP contribution in [0.2, 0.25) is 0 Å². The van der Waals surface area contributed by atoms with Crippen molar-refractivity contribution in [2.45, 2.75) is 13.0 Å². The van der Waals surface area contributed by atoms with E-state index in [0.717, 1.165) is 5.56 Å². The van der Waals surface area contributed by atoms with E-state index in [1.54, 1.807) is 31.2 Å². The van der Waals surface area contributed by atoms with Crippen molar-refractivity contribution in [3.8, 4) is 0 Å². The van der Waals surface area contributed by atoms with E-state index >= 15 is 0 Å². The zero-order valence-electron chi connectivity index (χ0n) is 11.7. The van der Waals surface area contributed by atoms with Crippen LogP contribution in [0.1, 0.15) is 28.9 Å². The van der Waals surface area contributed by atoms with Crippen LogP contribution in [0.4, 0.5) is 0 Å². The van der Waals surface area contributed by atoms with Gasteiger partial charge in [0, 0.05) is 5.56 Å². The molecular weight excluding hydrogens is 266 g/mol. The molecule has 0 saturated carbocycles. The summed E-state index contributed by atoms with van der Waals surface area (Å²) >= 11 is 0. The molecule has 4 heteroatoms. The highest BCUT2D eigenvalue weighted by atomic mass is 16.4. The molecule has 4 nitrogen and oxygen atoms in total. The van der Waals surface area contributed by atoms with E-state index in [0.29, 0.717) is 5.56 Å². The molecule has 0 unspecified atom stereocenters. The zero-order valence-corrected chi connectivity index (χ0v) is 11.7. The maximum absolute atomic E-state index is 12.3. The van der Waals surface area contributed by atoms with Crippen LogP contribution < -0.4 is 5.32 Å². The first kappa shape index (κ1) is 14.8. The van der Waals surface area contributed by atoms with E-state index in [-0.39, 0.29) is 5.91 Å². The fraction of sp³-hybridized carbons (Fsp3) is 0.176. The number of benzene rings is 2. The Balaban J connectivity index is 2.25. The Bertz CT molecular complexity index is 610. The third-order valence-corrected chi connectivity index (χ3v) is 3.37. The van der Waals surface area contributed by atoms with Crippen molar-refractivity contribution in [2.75, 3.05) is 0 Å². The highest BCUT2D eigenvalue weighted by Gasteiger charge is 2.26. The van der Waals surface area contributed by atoms with Gasteiger partial charge in [-0.15, -0.1) is 0 Å². The van der Waals surface area contributed by atoms with E-state index in [1.807, 2.05) is 36.4 Å². The van der Waals surface area contributed by atoms with Gasteiger partial charge in [0.1, 0.15) is 0 Å². The molecule has 108 valence electrons. The highest BCUT2D eigenvalue weighted by Crippen LogP contribution is 2.22. The maximum atomic E-state index is 12.3. The number of carbonyl (C=O) groups excluding carboxylic acids is 1. The van der Waals surface area contributed by atoms with Crippen LogP contribution in [0, 0.1) is 5.92 Å². The topological polar surface area (TPSA) is 66.4 Å². The van der Waals surface area contributed by atoms with E-state index < -0.39 is 17.9 Å². The largest absolute Gasteiger partial charge is 0.481 e. The van der Waals surface area contributed by atoms with Gasteiger partial charge in [-0.2, -0.15) is 0 Å². The smallest absolute Gasteiger partial charge is 0.308 e. The quantitative estimate of drug-likeness (QED) is 0.886. The van der Waals surface area contributed by atoms with Gasteiger partial charge in [-0.25, -0.2) is 0 Å². The number of amides is 1. The second-order valence-corrected chi connectivity index (χ2v) is 4.85. The van der Waals surface area contributed by atoms with Crippen molar-refractivity contribution in [1.82, 2.24) is 5.32 Å². The Hall–Kier alpha value is -2.62. The van der Waals surface area contributed by atoms with Gasteiger partial charge in [0.25, 0.3) is 5.91 Å². The lowest BCUT2D eigenvalue weighted by atomic mass is 9.94. The van der Waals surface area contributed by atoms with Crippen LogP contribution in [-0.2, 0) is 4.79 Å². The number of nitrogens with one attached hydrogen (secondary N) is 1. The van der Waals surface area contributed by atoms with Crippen molar-refractivity contribution in [3.05, 3.63) is 71.8 Å². The summed E-state index contributed by atoms with van der Waals surface area (Å²) in [5.74, 6) is -1.95. The molecule has 0 radical (unpaired) electrons. The Morgan fingerprint density at radius 2 is 1.48 bits per heavy atom. The predicted octanol–water partition coefficient (Wildman–Crippen LogP) is 2.88. The monoisotopic (exact) mass is 283 g/mol. The summed E-state index contributed by atoms with van der Waals surface area (Å²) < 4.78 is 0. The summed E-state index contributed by atoms with van der Waals surface area (Å²) in [6.45, 7) is 1.59. The second kappa shape index (κ2) is 6.70. The van der Waals surface area contributed by atoms with Crippen molar-refractivity contribution >= 4 is 11.9 Å². The summed E-state index contributed by atoms with van der Waals surface area (Å²) in [6.07, 6.45) is 0. The lowest BCUT2D eigenvalue weighted by Crippen LogP contribution is -2.35. The van der Waals surface area contributed by atoms with Crippen LogP contribution >= 0.6 is 0 Å². The Morgan fingerprint density at radius 1 is 0.952 bits per heavy atom. The van der Waals surface area contributed by atoms with Gasteiger partial charge in [0.15, 0.2) is 0 Å². The van der Waals surface area contributed by atoms with E-state index in [9.17, 15) is 14.7 Å². The normalized spacial score (nSPS) is 13.2. The van der Waals surface area contributed by atoms with Gasteiger partial charge in [-0.3, -0.25) is 9.59 Å². The van der Waals surface area contributed by atoms with Gasteiger partial charge in [0.05, 0.1) is 12.0 Å². The van der Waals surface area contributed by atoms with Crippen LogP contribution in [0.25, 0.3) is 0 Å². The molecule has 21 heavy (non-hydrogen) atoms. The van der Waals surface area contributed by atoms with Gasteiger partial charge in [-0.05, 0) is 24.6 Å². The minimum Gasteiger partial charge on any atom is -0.481 e. The standard InChI is InChI=1S/C17H17NO3/c1-12(17(20)21)15(13-8-4-2-5-9-13)18-16(19)14-10-6-3-7-11-14/h2-12,15H,1H3,(H,18,19)(H,20,21)/t12-,15-/m1/s1. The molecule has 0 aliphatic rings. The highest BCUT2D eigenvalue weighted by molar-refractivity contribution is 5.94. The minimum absolute atomic E-state index is 0.280. The summed E-state index contributed by atoms with van der Waals surface area (Å²) in [5, 5.41) is 12.1. The molecule has 0 aliphatic carbocycles. The van der Waals surface area contributed by atoms with Gasteiger partial charge >= 0.3 is 5.97 Å². The molecule has 2 N–H and O–H groups in total. The van der Waals surface area contributed by atoms with Gasteiger partial charge < -0.3 is 10.4 Å². The number of rotatable bonds is 5. The van der Waals surface area contributed by atoms with Crippen LogP contribution in [-0.4, -0.2) is 17.0 Å². The first-order chi connectivity index (χ1) is 10.1. The van der Waals surface area contributed by atoms with Crippen LogP contribution in [0.3, 0.4) is 0 Å². The molecule has 0 aromatic heterocycles. The van der Waals surface area contributed by atoms with Gasteiger partial charge in [-0.1, -0.05) is 48.5 Å². The van der Waals surface area contributed by atoms with E-state index in [1.165, 1.54) is 0 Å². The van der Waals surface area contributed by atoms with Crippen molar-refractivity contribution in [2.24, 2.45) is 5.92 Å². The van der Waals surface area contributed by atoms with Crippen molar-refractivity contribution in [3.63, 3.8) is 0 Å². The molecule has 0 bridgehead atoms. The fourth-order valence-corrected chi connectivity index (χ4v) is 2.11. The fourth-order valence-electron chi connectivity index (χ4n) is 2.11. The van der Waals surface area contributed by atoms with Crippen LogP contribution in [0.15, 0.2) is 60.7 Å². The SMILES string of the molecule is C[C@@H](C(=O)O)[C@@H](NC(=O)c1ccccc1)c1ccccc1. The molecule has 0 saturated heterocycles. The summed E-state index contributed by atoms with van der Waals surface area (Å²) in [5.41, 5.74) is 1.28. The molecular formula is C17H17NO3. The summed E-state index contributed by atoms with van der Waals surface area (Å²) in [4.78, 5) is 23.5. The Kier molecular flexibility index (Phi) is 4.72. The lowest BCUT2D eigenvalue weighted by Gasteiger charge is -2.23. The van der Waals surface area contributed by atoms with Crippen molar-refractivity contribution in [1.29, 1.82) is 0 Å². The lowest BCUT2D eigenvalue weighted by molar-refractivity contribution is -0.142. The number of hydrogen-bond donors (Lipinski definition) is 2. The molecule has 0 fully saturated rings.